The van der Waals surface area contributed by atoms with Gasteiger partial charge in [-0.15, -0.1) is 0 Å². The standard InChI is InChI=1S/C8H14N2O.C2HF3O2/c1-3-4-8(11-2)10-6-5-9-7-10;3-2(4,5)1(6)7/h5-8H,3-4H2,1-2H3;(H,6,7). The van der Waals surface area contributed by atoms with Crippen molar-refractivity contribution in [2.75, 3.05) is 7.11 Å². The highest BCUT2D eigenvalue weighted by Crippen LogP contribution is 2.13. The molecule has 1 N–H and O–H groups in total. The fourth-order valence-electron chi connectivity index (χ4n) is 1.08. The molecule has 0 aliphatic carbocycles. The lowest BCUT2D eigenvalue weighted by molar-refractivity contribution is -0.192. The van der Waals surface area contributed by atoms with Crippen molar-refractivity contribution >= 4 is 5.97 Å². The highest BCUT2D eigenvalue weighted by molar-refractivity contribution is 5.73. The Bertz CT molecular complexity index is 339. The van der Waals surface area contributed by atoms with E-state index in [0.29, 0.717) is 0 Å². The molecule has 1 rings (SSSR count). The van der Waals surface area contributed by atoms with Crippen LogP contribution in [0, 0.1) is 0 Å². The molecule has 1 aromatic heterocycles. The number of hydrogen-bond donors (Lipinski definition) is 1. The van der Waals surface area contributed by atoms with Crippen LogP contribution in [0.4, 0.5) is 13.2 Å². The second-order valence-corrected chi connectivity index (χ2v) is 3.29. The largest absolute Gasteiger partial charge is 0.490 e. The Morgan fingerprint density at radius 2 is 2.11 bits per heavy atom. The molecule has 1 aromatic rings. The number of halogens is 3. The van der Waals surface area contributed by atoms with Gasteiger partial charge in [-0.05, 0) is 6.42 Å². The quantitative estimate of drug-likeness (QED) is 0.911. The third kappa shape index (κ3) is 6.24. The molecular weight excluding hydrogens is 253 g/mol. The van der Waals surface area contributed by atoms with Crippen LogP contribution in [0.2, 0.25) is 0 Å². The van der Waals surface area contributed by atoms with Crippen molar-refractivity contribution in [3.8, 4) is 0 Å². The fourth-order valence-corrected chi connectivity index (χ4v) is 1.08. The van der Waals surface area contributed by atoms with E-state index in [1.165, 1.54) is 0 Å². The number of imidazole rings is 1. The number of methoxy groups -OCH3 is 1. The molecular formula is C10H15F3N2O3. The third-order valence-corrected chi connectivity index (χ3v) is 1.91. The van der Waals surface area contributed by atoms with Gasteiger partial charge in [0.1, 0.15) is 6.23 Å². The van der Waals surface area contributed by atoms with E-state index in [1.807, 2.05) is 10.8 Å². The van der Waals surface area contributed by atoms with Crippen molar-refractivity contribution in [3.05, 3.63) is 18.7 Å². The fraction of sp³-hybridized carbons (Fsp3) is 0.600. The van der Waals surface area contributed by atoms with Crippen molar-refractivity contribution in [1.29, 1.82) is 0 Å². The molecule has 0 fully saturated rings. The normalized spacial score (nSPS) is 12.5. The monoisotopic (exact) mass is 268 g/mol. The van der Waals surface area contributed by atoms with Gasteiger partial charge in [-0.25, -0.2) is 9.78 Å². The molecule has 104 valence electrons. The molecule has 0 spiro atoms. The van der Waals surface area contributed by atoms with Crippen LogP contribution >= 0.6 is 0 Å². The number of carbonyl (C=O) groups is 1. The SMILES string of the molecule is CCCC(OC)n1ccnc1.O=C(O)C(F)(F)F. The molecule has 0 saturated carbocycles. The number of carboxylic acids is 1. The second-order valence-electron chi connectivity index (χ2n) is 3.29. The number of alkyl halides is 3. The highest BCUT2D eigenvalue weighted by Gasteiger charge is 2.38. The Morgan fingerprint density at radius 3 is 2.39 bits per heavy atom. The summed E-state index contributed by atoms with van der Waals surface area (Å²) in [6, 6.07) is 0. The number of ether oxygens (including phenoxy) is 1. The van der Waals surface area contributed by atoms with Gasteiger partial charge in [0.2, 0.25) is 0 Å². The summed E-state index contributed by atoms with van der Waals surface area (Å²) in [6.45, 7) is 2.14. The third-order valence-electron chi connectivity index (χ3n) is 1.91. The smallest absolute Gasteiger partial charge is 0.475 e. The zero-order chi connectivity index (χ0) is 14.2. The molecule has 1 unspecified atom stereocenters. The van der Waals surface area contributed by atoms with Crippen LogP contribution < -0.4 is 0 Å². The Balaban J connectivity index is 0.000000360. The molecule has 0 aliphatic rings. The molecule has 0 bridgehead atoms. The summed E-state index contributed by atoms with van der Waals surface area (Å²) in [5, 5.41) is 7.12. The van der Waals surface area contributed by atoms with E-state index in [-0.39, 0.29) is 6.23 Å². The van der Waals surface area contributed by atoms with Crippen molar-refractivity contribution in [1.82, 2.24) is 9.55 Å². The maximum absolute atomic E-state index is 10.6. The van der Waals surface area contributed by atoms with E-state index in [4.69, 9.17) is 14.6 Å². The first-order valence-electron chi connectivity index (χ1n) is 5.13. The summed E-state index contributed by atoms with van der Waals surface area (Å²) in [5.74, 6) is -2.76. The molecule has 18 heavy (non-hydrogen) atoms. The van der Waals surface area contributed by atoms with E-state index in [1.54, 1.807) is 19.6 Å². The van der Waals surface area contributed by atoms with E-state index >= 15 is 0 Å². The first kappa shape index (κ1) is 16.4. The van der Waals surface area contributed by atoms with Crippen LogP contribution in [0.3, 0.4) is 0 Å². The number of hydrogen-bond acceptors (Lipinski definition) is 3. The number of rotatable bonds is 4. The van der Waals surface area contributed by atoms with Crippen LogP contribution in [-0.4, -0.2) is 33.9 Å². The van der Waals surface area contributed by atoms with E-state index in [0.717, 1.165) is 12.8 Å². The van der Waals surface area contributed by atoms with Gasteiger partial charge in [0.15, 0.2) is 0 Å². The lowest BCUT2D eigenvalue weighted by Gasteiger charge is -2.14. The molecule has 0 saturated heterocycles. The summed E-state index contributed by atoms with van der Waals surface area (Å²) in [7, 11) is 1.72. The number of aromatic nitrogens is 2. The van der Waals surface area contributed by atoms with E-state index in [9.17, 15) is 13.2 Å². The van der Waals surface area contributed by atoms with Crippen LogP contribution in [0.25, 0.3) is 0 Å². The molecule has 1 atom stereocenters. The summed E-state index contributed by atoms with van der Waals surface area (Å²) < 4.78 is 39.0. The lowest BCUT2D eigenvalue weighted by atomic mass is 10.3. The zero-order valence-electron chi connectivity index (χ0n) is 10.0. The van der Waals surface area contributed by atoms with Crippen molar-refractivity contribution < 1.29 is 27.8 Å². The Morgan fingerprint density at radius 1 is 1.56 bits per heavy atom. The Labute approximate surface area is 102 Å². The van der Waals surface area contributed by atoms with Crippen molar-refractivity contribution in [2.45, 2.75) is 32.2 Å². The summed E-state index contributed by atoms with van der Waals surface area (Å²) in [4.78, 5) is 12.9. The van der Waals surface area contributed by atoms with Crippen LogP contribution in [-0.2, 0) is 9.53 Å². The van der Waals surface area contributed by atoms with E-state index < -0.39 is 12.1 Å². The minimum Gasteiger partial charge on any atom is -0.475 e. The first-order chi connectivity index (χ1) is 8.32. The van der Waals surface area contributed by atoms with Crippen molar-refractivity contribution in [2.24, 2.45) is 0 Å². The van der Waals surface area contributed by atoms with Gasteiger partial charge < -0.3 is 14.4 Å². The number of carboxylic acid groups (broad SMARTS) is 1. The van der Waals surface area contributed by atoms with Crippen molar-refractivity contribution in [3.63, 3.8) is 0 Å². The lowest BCUT2D eigenvalue weighted by Crippen LogP contribution is -2.21. The molecule has 0 radical (unpaired) electrons. The summed E-state index contributed by atoms with van der Waals surface area (Å²) in [5.41, 5.74) is 0. The average molecular weight is 268 g/mol. The number of nitrogens with zero attached hydrogens (tertiary/aromatic N) is 2. The average Bonchev–Trinajstić information content (AvgIpc) is 2.78. The molecule has 0 aromatic carbocycles. The van der Waals surface area contributed by atoms with Crippen LogP contribution in [0.5, 0.6) is 0 Å². The molecule has 5 nitrogen and oxygen atoms in total. The van der Waals surface area contributed by atoms with Gasteiger partial charge >= 0.3 is 12.1 Å². The van der Waals surface area contributed by atoms with Crippen LogP contribution in [0.1, 0.15) is 26.0 Å². The van der Waals surface area contributed by atoms with Gasteiger partial charge in [-0.3, -0.25) is 0 Å². The van der Waals surface area contributed by atoms with Gasteiger partial charge in [-0.1, -0.05) is 13.3 Å². The summed E-state index contributed by atoms with van der Waals surface area (Å²) in [6.07, 6.45) is 2.70. The Hall–Kier alpha value is -1.57. The molecule has 0 amide bonds. The minimum absolute atomic E-state index is 0.155. The van der Waals surface area contributed by atoms with Gasteiger partial charge in [-0.2, -0.15) is 13.2 Å². The molecule has 8 heteroatoms. The maximum Gasteiger partial charge on any atom is 0.490 e. The first-order valence-corrected chi connectivity index (χ1v) is 5.13. The predicted molar refractivity (Wildman–Crippen MR) is 56.9 cm³/mol. The predicted octanol–water partition coefficient (Wildman–Crippen LogP) is 2.46. The zero-order valence-corrected chi connectivity index (χ0v) is 10.0. The van der Waals surface area contributed by atoms with Gasteiger partial charge in [0.05, 0.1) is 6.33 Å². The summed E-state index contributed by atoms with van der Waals surface area (Å²) >= 11 is 0. The molecule has 0 aliphatic heterocycles. The minimum atomic E-state index is -5.08. The number of aliphatic carboxylic acids is 1. The highest BCUT2D eigenvalue weighted by atomic mass is 19.4. The topological polar surface area (TPSA) is 64.4 Å². The van der Waals surface area contributed by atoms with E-state index in [2.05, 4.69) is 11.9 Å². The maximum atomic E-state index is 10.6. The van der Waals surface area contributed by atoms with Crippen LogP contribution in [0.15, 0.2) is 18.7 Å². The van der Waals surface area contributed by atoms with Gasteiger partial charge in [0, 0.05) is 19.5 Å². The molecule has 1 heterocycles. The van der Waals surface area contributed by atoms with Gasteiger partial charge in [0.25, 0.3) is 0 Å². The Kier molecular flexibility index (Phi) is 7.03. The second kappa shape index (κ2) is 7.70.